The number of carbonyl (C=O) groups excluding carboxylic acids is 1. The Labute approximate surface area is 258 Å². The fraction of sp³-hybridized carbons (Fsp3) is 0.281. The van der Waals surface area contributed by atoms with E-state index in [0.717, 1.165) is 35.4 Å². The molecule has 0 aliphatic carbocycles. The Kier molecular flexibility index (Phi) is 9.19. The molecule has 1 aromatic heterocycles. The molecule has 8 nitrogen and oxygen atoms in total. The topological polar surface area (TPSA) is 84.3 Å². The number of anilines is 1. The van der Waals surface area contributed by atoms with Gasteiger partial charge in [0.05, 0.1) is 5.69 Å². The summed E-state index contributed by atoms with van der Waals surface area (Å²) in [5.41, 5.74) is 7.71. The number of amides is 2. The van der Waals surface area contributed by atoms with Crippen LogP contribution in [0, 0.1) is 20.8 Å². The molecule has 3 aromatic carbocycles. The molecule has 5 rings (SSSR count). The van der Waals surface area contributed by atoms with Crippen LogP contribution in [0.2, 0.25) is 0 Å². The van der Waals surface area contributed by atoms with Gasteiger partial charge in [-0.2, -0.15) is 0 Å². The summed E-state index contributed by atoms with van der Waals surface area (Å²) in [6.07, 6.45) is -0.524. The Bertz CT molecular complexity index is 1630. The molecule has 4 aromatic rings. The molecule has 1 unspecified atom stereocenters. The van der Waals surface area contributed by atoms with E-state index in [2.05, 4.69) is 63.3 Å². The largest absolute Gasteiger partial charge is 0.573 e. The number of aromatic nitrogens is 3. The van der Waals surface area contributed by atoms with Crippen molar-refractivity contribution in [3.05, 3.63) is 95.4 Å². The van der Waals surface area contributed by atoms with Crippen LogP contribution in [-0.4, -0.2) is 45.0 Å². The normalized spacial score (nSPS) is 15.7. The minimum Gasteiger partial charge on any atom is -0.406 e. The highest BCUT2D eigenvalue weighted by Crippen LogP contribution is 2.33. The number of rotatable bonds is 7. The van der Waals surface area contributed by atoms with Crippen molar-refractivity contribution in [3.8, 4) is 22.8 Å². The smallest absolute Gasteiger partial charge is 0.406 e. The number of thioether (sulfide) groups is 1. The summed E-state index contributed by atoms with van der Waals surface area (Å²) in [6, 6.07) is 17.0. The first-order chi connectivity index (χ1) is 21.0. The predicted octanol–water partition coefficient (Wildman–Crippen LogP) is 7.35. The summed E-state index contributed by atoms with van der Waals surface area (Å²) in [4.78, 5) is 19.5. The van der Waals surface area contributed by atoms with Gasteiger partial charge in [-0.15, -0.1) is 30.0 Å². The first kappa shape index (κ1) is 31.0. The van der Waals surface area contributed by atoms with Gasteiger partial charge in [0.15, 0.2) is 11.3 Å². The molecule has 1 aliphatic heterocycles. The number of nitrogens with one attached hydrogen (secondary N) is 2. The highest BCUT2D eigenvalue weighted by atomic mass is 32.2. The van der Waals surface area contributed by atoms with Crippen LogP contribution in [0.15, 0.2) is 73.2 Å². The van der Waals surface area contributed by atoms with Crippen molar-refractivity contribution in [2.45, 2.75) is 46.0 Å². The van der Waals surface area contributed by atoms with E-state index >= 15 is 0 Å². The standard InChI is InChI=1S/C32H33F3N6O2S/c1-20-16-21(2)28(22(3)17-20)40-14-5-15-44-31(40)38-30(42)36-18-23(4)24-6-8-25(9-7-24)29-37-19-41(39-29)26-10-12-27(13-11-26)43-32(33,34)35/h6-13,16-19,31H,5,14-15H2,1-4H3,(H2,36,38,42)/b23-18+. The number of urea groups is 1. The SMILES string of the molecule is C/C(=C\NC(=O)NC1SCCCN1c1c(C)cc(C)cc1C)c1ccc(-c2ncn(-c3ccc(OC(F)(F)F)cc3)n2)cc1. The maximum Gasteiger partial charge on any atom is 0.573 e. The lowest BCUT2D eigenvalue weighted by molar-refractivity contribution is -0.274. The van der Waals surface area contributed by atoms with Crippen LogP contribution < -0.4 is 20.3 Å². The Balaban J connectivity index is 1.20. The Hall–Kier alpha value is -4.45. The minimum absolute atomic E-state index is 0.171. The summed E-state index contributed by atoms with van der Waals surface area (Å²) < 4.78 is 42.6. The van der Waals surface area contributed by atoms with Crippen molar-refractivity contribution in [2.75, 3.05) is 17.2 Å². The van der Waals surface area contributed by atoms with Gasteiger partial charge in [0.2, 0.25) is 0 Å². The van der Waals surface area contributed by atoms with Crippen LogP contribution in [0.25, 0.3) is 22.6 Å². The van der Waals surface area contributed by atoms with Crippen molar-refractivity contribution in [2.24, 2.45) is 0 Å². The fourth-order valence-corrected chi connectivity index (χ4v) is 6.32. The van der Waals surface area contributed by atoms with E-state index in [-0.39, 0.29) is 17.3 Å². The summed E-state index contributed by atoms with van der Waals surface area (Å²) in [6.45, 7) is 9.11. The highest BCUT2D eigenvalue weighted by molar-refractivity contribution is 8.00. The summed E-state index contributed by atoms with van der Waals surface area (Å²) in [5.74, 6) is 1.12. The molecule has 12 heteroatoms. The summed E-state index contributed by atoms with van der Waals surface area (Å²) in [7, 11) is 0. The van der Waals surface area contributed by atoms with Gasteiger partial charge in [-0.25, -0.2) is 14.5 Å². The van der Waals surface area contributed by atoms with E-state index in [1.54, 1.807) is 18.0 Å². The fourth-order valence-electron chi connectivity index (χ4n) is 5.22. The zero-order valence-corrected chi connectivity index (χ0v) is 25.6. The van der Waals surface area contributed by atoms with Crippen molar-refractivity contribution in [1.29, 1.82) is 0 Å². The average Bonchev–Trinajstić information content (AvgIpc) is 3.46. The van der Waals surface area contributed by atoms with Gasteiger partial charge in [0, 0.05) is 24.0 Å². The van der Waals surface area contributed by atoms with Crippen molar-refractivity contribution in [1.82, 2.24) is 25.4 Å². The van der Waals surface area contributed by atoms with E-state index in [1.807, 2.05) is 31.2 Å². The second-order valence-corrected chi connectivity index (χ2v) is 11.8. The van der Waals surface area contributed by atoms with Crippen molar-refractivity contribution in [3.63, 3.8) is 0 Å². The highest BCUT2D eigenvalue weighted by Gasteiger charge is 2.31. The van der Waals surface area contributed by atoms with E-state index in [0.29, 0.717) is 11.5 Å². The van der Waals surface area contributed by atoms with Crippen LogP contribution in [0.3, 0.4) is 0 Å². The number of hydrogen-bond acceptors (Lipinski definition) is 6. The lowest BCUT2D eigenvalue weighted by atomic mass is 10.0. The predicted molar refractivity (Wildman–Crippen MR) is 168 cm³/mol. The molecule has 2 N–H and O–H groups in total. The molecule has 0 radical (unpaired) electrons. The number of hydrogen-bond donors (Lipinski definition) is 2. The number of allylic oxidation sites excluding steroid dienone is 1. The van der Waals surface area contributed by atoms with Gasteiger partial charge < -0.3 is 20.3 Å². The third-order valence-electron chi connectivity index (χ3n) is 7.12. The van der Waals surface area contributed by atoms with E-state index in [9.17, 15) is 18.0 Å². The Morgan fingerprint density at radius 3 is 2.39 bits per heavy atom. The monoisotopic (exact) mass is 622 g/mol. The summed E-state index contributed by atoms with van der Waals surface area (Å²) in [5, 5.41) is 10.4. The van der Waals surface area contributed by atoms with E-state index < -0.39 is 6.36 Å². The van der Waals surface area contributed by atoms with Crippen molar-refractivity contribution < 1.29 is 22.7 Å². The molecular weight excluding hydrogens is 589 g/mol. The van der Waals surface area contributed by atoms with Crippen LogP contribution in [0.1, 0.15) is 35.6 Å². The van der Waals surface area contributed by atoms with Gasteiger partial charge in [-0.05, 0) is 86.4 Å². The number of nitrogens with zero attached hydrogens (tertiary/aromatic N) is 4. The molecular formula is C32H33F3N6O2S. The number of halogens is 3. The van der Waals surface area contributed by atoms with E-state index in [1.165, 1.54) is 57.7 Å². The molecule has 0 spiro atoms. The van der Waals surface area contributed by atoms with Crippen LogP contribution in [0.5, 0.6) is 5.75 Å². The molecule has 2 amide bonds. The molecule has 0 bridgehead atoms. The minimum atomic E-state index is -4.75. The van der Waals surface area contributed by atoms with Crippen LogP contribution in [0.4, 0.5) is 23.7 Å². The van der Waals surface area contributed by atoms with Gasteiger partial charge in [0.25, 0.3) is 0 Å². The third-order valence-corrected chi connectivity index (χ3v) is 8.34. The zero-order valence-electron chi connectivity index (χ0n) is 24.8. The molecule has 0 saturated carbocycles. The Morgan fingerprint density at radius 1 is 1.05 bits per heavy atom. The molecule has 1 atom stereocenters. The number of carbonyl (C=O) groups is 1. The molecule has 1 aliphatic rings. The number of ether oxygens (including phenoxy) is 1. The quantitative estimate of drug-likeness (QED) is 0.224. The molecule has 1 fully saturated rings. The maximum atomic E-state index is 12.9. The molecule has 44 heavy (non-hydrogen) atoms. The van der Waals surface area contributed by atoms with Crippen LogP contribution in [-0.2, 0) is 0 Å². The lowest BCUT2D eigenvalue weighted by Crippen LogP contribution is -2.51. The average molecular weight is 623 g/mol. The van der Waals surface area contributed by atoms with Gasteiger partial charge in [-0.3, -0.25) is 0 Å². The van der Waals surface area contributed by atoms with Gasteiger partial charge >= 0.3 is 12.4 Å². The number of benzene rings is 3. The van der Waals surface area contributed by atoms with Gasteiger partial charge in [-0.1, -0.05) is 42.0 Å². The first-order valence-electron chi connectivity index (χ1n) is 14.1. The zero-order chi connectivity index (χ0) is 31.4. The first-order valence-corrected chi connectivity index (χ1v) is 15.1. The lowest BCUT2D eigenvalue weighted by Gasteiger charge is -2.39. The second kappa shape index (κ2) is 13.0. The number of alkyl halides is 3. The number of aryl methyl sites for hydroxylation is 3. The molecule has 230 valence electrons. The van der Waals surface area contributed by atoms with Gasteiger partial charge in [0.1, 0.15) is 12.1 Å². The third kappa shape index (κ3) is 7.54. The van der Waals surface area contributed by atoms with Crippen molar-refractivity contribution >= 4 is 29.1 Å². The Morgan fingerprint density at radius 2 is 1.73 bits per heavy atom. The maximum absolute atomic E-state index is 12.9. The van der Waals surface area contributed by atoms with E-state index in [4.69, 9.17) is 0 Å². The second-order valence-electron chi connectivity index (χ2n) is 10.6. The molecule has 2 heterocycles. The summed E-state index contributed by atoms with van der Waals surface area (Å²) >= 11 is 1.72. The van der Waals surface area contributed by atoms with Crippen LogP contribution >= 0.6 is 11.8 Å². The molecule has 1 saturated heterocycles.